The Kier molecular flexibility index (Phi) is 4.65. The Bertz CT molecular complexity index is 632. The number of hydrogen-bond donors (Lipinski definition) is 0. The van der Waals surface area contributed by atoms with Crippen molar-refractivity contribution in [2.75, 3.05) is 19.1 Å². The van der Waals surface area contributed by atoms with Crippen molar-refractivity contribution >= 4 is 21.6 Å². The first-order valence-corrected chi connectivity index (χ1v) is 6.97. The molecule has 0 amide bonds. The normalized spacial score (nSPS) is 9.90. The molecule has 2 aromatic rings. The van der Waals surface area contributed by atoms with Gasteiger partial charge in [-0.15, -0.1) is 0 Å². The highest BCUT2D eigenvalue weighted by Crippen LogP contribution is 2.25. The Hall–Kier alpha value is -1.99. The van der Waals surface area contributed by atoms with Crippen LogP contribution in [0.3, 0.4) is 0 Å². The molecule has 0 radical (unpaired) electrons. The first kappa shape index (κ1) is 14.4. The predicted molar refractivity (Wildman–Crippen MR) is 84.0 cm³/mol. The smallest absolute Gasteiger partial charge is 0.119 e. The summed E-state index contributed by atoms with van der Waals surface area (Å²) in [6.45, 7) is 0.754. The number of halogens is 1. The molecule has 20 heavy (non-hydrogen) atoms. The summed E-state index contributed by atoms with van der Waals surface area (Å²) in [6, 6.07) is 15.6. The molecule has 102 valence electrons. The molecule has 0 saturated carbocycles. The van der Waals surface area contributed by atoms with Crippen LogP contribution in [-0.4, -0.2) is 14.2 Å². The van der Waals surface area contributed by atoms with E-state index in [1.54, 1.807) is 7.11 Å². The summed E-state index contributed by atoms with van der Waals surface area (Å²) in [5.41, 5.74) is 2.89. The second kappa shape index (κ2) is 6.44. The Labute approximate surface area is 127 Å². The van der Waals surface area contributed by atoms with Crippen molar-refractivity contribution in [1.29, 1.82) is 5.26 Å². The minimum Gasteiger partial charge on any atom is -0.497 e. The molecule has 0 bridgehead atoms. The van der Waals surface area contributed by atoms with E-state index >= 15 is 0 Å². The van der Waals surface area contributed by atoms with Crippen LogP contribution in [0.15, 0.2) is 46.9 Å². The van der Waals surface area contributed by atoms with Gasteiger partial charge in [-0.2, -0.15) is 5.26 Å². The molecule has 4 heteroatoms. The van der Waals surface area contributed by atoms with Gasteiger partial charge >= 0.3 is 0 Å². The third kappa shape index (κ3) is 3.31. The van der Waals surface area contributed by atoms with Gasteiger partial charge in [-0.1, -0.05) is 15.9 Å². The molecule has 0 aliphatic carbocycles. The highest BCUT2D eigenvalue weighted by molar-refractivity contribution is 9.10. The van der Waals surface area contributed by atoms with Crippen molar-refractivity contribution < 1.29 is 4.74 Å². The van der Waals surface area contributed by atoms with Gasteiger partial charge in [0.15, 0.2) is 0 Å². The largest absolute Gasteiger partial charge is 0.497 e. The number of hydrogen-bond acceptors (Lipinski definition) is 3. The second-order valence-corrected chi connectivity index (χ2v) is 5.33. The molecule has 0 aromatic heterocycles. The zero-order valence-corrected chi connectivity index (χ0v) is 13.0. The number of rotatable bonds is 4. The molecule has 0 N–H and O–H groups in total. The van der Waals surface area contributed by atoms with Gasteiger partial charge in [0.2, 0.25) is 0 Å². The van der Waals surface area contributed by atoms with Crippen molar-refractivity contribution in [3.8, 4) is 11.8 Å². The Morgan fingerprint density at radius 1 is 1.20 bits per heavy atom. The summed E-state index contributed by atoms with van der Waals surface area (Å²) in [5, 5.41) is 8.81. The molecule has 0 fully saturated rings. The van der Waals surface area contributed by atoms with Gasteiger partial charge in [0, 0.05) is 23.8 Å². The van der Waals surface area contributed by atoms with E-state index in [-0.39, 0.29) is 0 Å². The fourth-order valence-electron chi connectivity index (χ4n) is 1.94. The minimum atomic E-state index is 0.671. The maximum absolute atomic E-state index is 8.81. The Morgan fingerprint density at radius 2 is 1.90 bits per heavy atom. The molecule has 0 unspecified atom stereocenters. The summed E-state index contributed by atoms with van der Waals surface area (Å²) in [5.74, 6) is 0.844. The summed E-state index contributed by atoms with van der Waals surface area (Å²) in [4.78, 5) is 2.13. The third-order valence-electron chi connectivity index (χ3n) is 3.10. The van der Waals surface area contributed by atoms with Crippen LogP contribution in [0.1, 0.15) is 11.1 Å². The number of methoxy groups -OCH3 is 1. The first-order chi connectivity index (χ1) is 9.63. The van der Waals surface area contributed by atoms with Gasteiger partial charge in [0.25, 0.3) is 0 Å². The topological polar surface area (TPSA) is 36.3 Å². The van der Waals surface area contributed by atoms with Crippen LogP contribution in [0.2, 0.25) is 0 Å². The molecule has 2 aromatic carbocycles. The number of ether oxygens (including phenoxy) is 1. The van der Waals surface area contributed by atoms with Crippen molar-refractivity contribution in [2.24, 2.45) is 0 Å². The highest BCUT2D eigenvalue weighted by Gasteiger charge is 2.07. The average molecular weight is 331 g/mol. The van der Waals surface area contributed by atoms with Crippen molar-refractivity contribution in [3.63, 3.8) is 0 Å². The van der Waals surface area contributed by atoms with Crippen LogP contribution in [0.5, 0.6) is 5.75 Å². The number of benzene rings is 2. The van der Waals surface area contributed by atoms with E-state index in [4.69, 9.17) is 10.00 Å². The van der Waals surface area contributed by atoms with E-state index < -0.39 is 0 Å². The van der Waals surface area contributed by atoms with Gasteiger partial charge in [-0.3, -0.25) is 0 Å². The number of anilines is 1. The monoisotopic (exact) mass is 330 g/mol. The molecule has 0 atom stereocenters. The highest BCUT2D eigenvalue weighted by atomic mass is 79.9. The van der Waals surface area contributed by atoms with E-state index in [2.05, 4.69) is 26.9 Å². The van der Waals surface area contributed by atoms with Gasteiger partial charge in [0.05, 0.1) is 18.7 Å². The lowest BCUT2D eigenvalue weighted by Crippen LogP contribution is -2.16. The fraction of sp³-hybridized carbons (Fsp3) is 0.188. The molecule has 0 aliphatic rings. The number of nitrogens with zero attached hydrogens (tertiary/aromatic N) is 2. The van der Waals surface area contributed by atoms with E-state index in [0.717, 1.165) is 28.0 Å². The van der Waals surface area contributed by atoms with Crippen LogP contribution >= 0.6 is 15.9 Å². The Morgan fingerprint density at radius 3 is 2.50 bits per heavy atom. The molecule has 0 heterocycles. The minimum absolute atomic E-state index is 0.671. The maximum Gasteiger partial charge on any atom is 0.119 e. The van der Waals surface area contributed by atoms with E-state index in [1.165, 1.54) is 0 Å². The predicted octanol–water partition coefficient (Wildman–Crippen LogP) is 3.97. The van der Waals surface area contributed by atoms with Gasteiger partial charge < -0.3 is 9.64 Å². The van der Waals surface area contributed by atoms with Crippen LogP contribution < -0.4 is 9.64 Å². The van der Waals surface area contributed by atoms with E-state index in [9.17, 15) is 0 Å². The van der Waals surface area contributed by atoms with Gasteiger partial charge in [-0.25, -0.2) is 0 Å². The summed E-state index contributed by atoms with van der Waals surface area (Å²) in [7, 11) is 3.69. The Balaban J connectivity index is 2.18. The molecular formula is C16H15BrN2O. The lowest BCUT2D eigenvalue weighted by atomic mass is 10.1. The third-order valence-corrected chi connectivity index (χ3v) is 3.87. The summed E-state index contributed by atoms with van der Waals surface area (Å²) < 4.78 is 6.31. The first-order valence-electron chi connectivity index (χ1n) is 6.17. The standard InChI is InChI=1S/C16H15BrN2O/c1-19(14-5-3-12(10-18)4-6-14)11-13-9-15(20-2)7-8-16(13)17/h3-9H,11H2,1-2H3. The molecule has 3 nitrogen and oxygen atoms in total. The van der Waals surface area contributed by atoms with Crippen molar-refractivity contribution in [2.45, 2.75) is 6.54 Å². The molecule has 0 spiro atoms. The van der Waals surface area contributed by atoms with E-state index in [1.807, 2.05) is 49.5 Å². The van der Waals surface area contributed by atoms with Crippen LogP contribution in [-0.2, 0) is 6.54 Å². The molecular weight excluding hydrogens is 316 g/mol. The average Bonchev–Trinajstić information content (AvgIpc) is 2.49. The zero-order valence-electron chi connectivity index (χ0n) is 11.4. The van der Waals surface area contributed by atoms with Gasteiger partial charge in [-0.05, 0) is 48.0 Å². The molecule has 2 rings (SSSR count). The lowest BCUT2D eigenvalue weighted by molar-refractivity contribution is 0.414. The van der Waals surface area contributed by atoms with Gasteiger partial charge in [0.1, 0.15) is 5.75 Å². The quantitative estimate of drug-likeness (QED) is 0.851. The van der Waals surface area contributed by atoms with Crippen LogP contribution in [0, 0.1) is 11.3 Å². The SMILES string of the molecule is COc1ccc(Br)c(CN(C)c2ccc(C#N)cc2)c1. The lowest BCUT2D eigenvalue weighted by Gasteiger charge is -2.20. The van der Waals surface area contributed by atoms with Crippen molar-refractivity contribution in [3.05, 3.63) is 58.1 Å². The van der Waals surface area contributed by atoms with Crippen molar-refractivity contribution in [1.82, 2.24) is 0 Å². The van der Waals surface area contributed by atoms with E-state index in [0.29, 0.717) is 5.56 Å². The maximum atomic E-state index is 8.81. The fourth-order valence-corrected chi connectivity index (χ4v) is 2.31. The molecule has 0 saturated heterocycles. The molecule has 0 aliphatic heterocycles. The summed E-state index contributed by atoms with van der Waals surface area (Å²) in [6.07, 6.45) is 0. The zero-order chi connectivity index (χ0) is 14.5. The van der Waals surface area contributed by atoms with Crippen LogP contribution in [0.4, 0.5) is 5.69 Å². The number of nitriles is 1. The summed E-state index contributed by atoms with van der Waals surface area (Å²) >= 11 is 3.56. The van der Waals surface area contributed by atoms with Crippen LogP contribution in [0.25, 0.3) is 0 Å². The second-order valence-electron chi connectivity index (χ2n) is 4.47.